The zero-order chi connectivity index (χ0) is 13.1. The highest BCUT2D eigenvalue weighted by Crippen LogP contribution is 2.27. The lowest BCUT2D eigenvalue weighted by Crippen LogP contribution is -2.38. The third kappa shape index (κ3) is 2.28. The molecule has 1 aromatic rings. The van der Waals surface area contributed by atoms with E-state index in [9.17, 15) is 4.79 Å². The molecule has 0 aromatic carbocycles. The van der Waals surface area contributed by atoms with Crippen LogP contribution in [0.25, 0.3) is 0 Å². The molecule has 1 unspecified atom stereocenters. The first kappa shape index (κ1) is 12.8. The van der Waals surface area contributed by atoms with E-state index in [0.717, 1.165) is 19.4 Å². The molecule has 0 amide bonds. The Morgan fingerprint density at radius 1 is 1.67 bits per heavy atom. The van der Waals surface area contributed by atoms with Gasteiger partial charge in [-0.05, 0) is 25.0 Å². The van der Waals surface area contributed by atoms with Crippen LogP contribution in [0, 0.1) is 0 Å². The third-order valence-corrected chi connectivity index (χ3v) is 3.27. The molecule has 0 spiro atoms. The van der Waals surface area contributed by atoms with Gasteiger partial charge in [-0.2, -0.15) is 0 Å². The van der Waals surface area contributed by atoms with Gasteiger partial charge in [0.1, 0.15) is 16.8 Å². The number of anilines is 1. The molecule has 0 saturated carbocycles. The van der Waals surface area contributed by atoms with Crippen molar-refractivity contribution in [2.75, 3.05) is 18.6 Å². The Labute approximate surface area is 111 Å². The molecule has 2 rings (SSSR count). The molecule has 2 N–H and O–H groups in total. The van der Waals surface area contributed by atoms with Crippen LogP contribution < -0.4 is 10.6 Å². The van der Waals surface area contributed by atoms with E-state index in [1.54, 1.807) is 12.3 Å². The highest BCUT2D eigenvalue weighted by atomic mass is 32.1. The summed E-state index contributed by atoms with van der Waals surface area (Å²) < 4.78 is 4.81. The zero-order valence-electron chi connectivity index (χ0n) is 10.1. The molecule has 1 aromatic heterocycles. The largest absolute Gasteiger partial charge is 0.467 e. The number of rotatable bonds is 3. The Balaban J connectivity index is 2.36. The summed E-state index contributed by atoms with van der Waals surface area (Å²) in [5.74, 6) is 0.421. The monoisotopic (exact) mass is 265 g/mol. The first-order valence-corrected chi connectivity index (χ1v) is 6.15. The van der Waals surface area contributed by atoms with Gasteiger partial charge in [-0.3, -0.25) is 0 Å². The average Bonchev–Trinajstić information content (AvgIpc) is 2.86. The zero-order valence-corrected chi connectivity index (χ0v) is 10.9. The van der Waals surface area contributed by atoms with Crippen LogP contribution in [-0.4, -0.2) is 35.6 Å². The fourth-order valence-corrected chi connectivity index (χ4v) is 2.38. The number of nitrogens with two attached hydrogens (primary N) is 1. The first-order valence-electron chi connectivity index (χ1n) is 5.74. The number of carbonyl (C=O) groups is 1. The Morgan fingerprint density at radius 2 is 2.44 bits per heavy atom. The van der Waals surface area contributed by atoms with Crippen LogP contribution in [-0.2, 0) is 9.53 Å². The van der Waals surface area contributed by atoms with Gasteiger partial charge < -0.3 is 15.4 Å². The second-order valence-electron chi connectivity index (χ2n) is 4.11. The molecule has 1 aliphatic rings. The standard InChI is InChI=1S/C12H15N3O2S/c1-17-12(16)9-5-3-7-15(9)11-8(10(13)18)4-2-6-14-11/h2,4,6,9H,3,5,7H2,1H3,(H2,13,18). The Bertz CT molecular complexity index is 478. The maximum Gasteiger partial charge on any atom is 0.328 e. The van der Waals surface area contributed by atoms with Crippen molar-refractivity contribution in [1.29, 1.82) is 0 Å². The lowest BCUT2D eigenvalue weighted by molar-refractivity contribution is -0.141. The first-order chi connectivity index (χ1) is 8.65. The molecule has 1 saturated heterocycles. The molecule has 5 nitrogen and oxygen atoms in total. The minimum Gasteiger partial charge on any atom is -0.467 e. The van der Waals surface area contributed by atoms with Gasteiger partial charge in [-0.25, -0.2) is 9.78 Å². The number of aromatic nitrogens is 1. The highest BCUT2D eigenvalue weighted by molar-refractivity contribution is 7.80. The molecular weight excluding hydrogens is 250 g/mol. The summed E-state index contributed by atoms with van der Waals surface area (Å²) in [7, 11) is 1.39. The SMILES string of the molecule is COC(=O)C1CCCN1c1ncccc1C(N)=S. The minimum atomic E-state index is -0.294. The molecule has 1 atom stereocenters. The predicted molar refractivity (Wildman–Crippen MR) is 72.5 cm³/mol. The quantitative estimate of drug-likeness (QED) is 0.645. The summed E-state index contributed by atoms with van der Waals surface area (Å²) in [6.45, 7) is 0.756. The number of esters is 1. The summed E-state index contributed by atoms with van der Waals surface area (Å²) >= 11 is 5.01. The van der Waals surface area contributed by atoms with E-state index in [-0.39, 0.29) is 17.0 Å². The van der Waals surface area contributed by atoms with Crippen LogP contribution in [0.2, 0.25) is 0 Å². The van der Waals surface area contributed by atoms with Gasteiger partial charge in [-0.15, -0.1) is 0 Å². The minimum absolute atomic E-state index is 0.243. The van der Waals surface area contributed by atoms with Crippen LogP contribution in [0.4, 0.5) is 5.82 Å². The fourth-order valence-electron chi connectivity index (χ4n) is 2.22. The summed E-state index contributed by atoms with van der Waals surface area (Å²) in [4.78, 5) is 18.2. The lowest BCUT2D eigenvalue weighted by atomic mass is 10.2. The van der Waals surface area contributed by atoms with Gasteiger partial charge in [0.05, 0.1) is 12.7 Å². The van der Waals surface area contributed by atoms with Gasteiger partial charge in [0, 0.05) is 12.7 Å². The number of thiocarbonyl (C=S) groups is 1. The van der Waals surface area contributed by atoms with Crippen molar-refractivity contribution in [3.63, 3.8) is 0 Å². The molecule has 0 radical (unpaired) electrons. The molecule has 18 heavy (non-hydrogen) atoms. The van der Waals surface area contributed by atoms with Gasteiger partial charge in [-0.1, -0.05) is 12.2 Å². The van der Waals surface area contributed by atoms with E-state index in [2.05, 4.69) is 4.98 Å². The number of carbonyl (C=O) groups excluding carboxylic acids is 1. The Morgan fingerprint density at radius 3 is 3.11 bits per heavy atom. The van der Waals surface area contributed by atoms with Crippen molar-refractivity contribution in [1.82, 2.24) is 4.98 Å². The number of methoxy groups -OCH3 is 1. The molecule has 0 aliphatic carbocycles. The highest BCUT2D eigenvalue weighted by Gasteiger charge is 2.33. The summed E-state index contributed by atoms with van der Waals surface area (Å²) in [5, 5.41) is 0. The number of hydrogen-bond donors (Lipinski definition) is 1. The van der Waals surface area contributed by atoms with Gasteiger partial charge in [0.25, 0.3) is 0 Å². The van der Waals surface area contributed by atoms with E-state index < -0.39 is 0 Å². The lowest BCUT2D eigenvalue weighted by Gasteiger charge is -2.25. The maximum atomic E-state index is 11.7. The van der Waals surface area contributed by atoms with Crippen LogP contribution >= 0.6 is 12.2 Å². The van der Waals surface area contributed by atoms with Crippen LogP contribution in [0.15, 0.2) is 18.3 Å². The van der Waals surface area contributed by atoms with E-state index >= 15 is 0 Å². The maximum absolute atomic E-state index is 11.7. The Kier molecular flexibility index (Phi) is 3.76. The molecule has 2 heterocycles. The molecule has 96 valence electrons. The average molecular weight is 265 g/mol. The second kappa shape index (κ2) is 5.30. The van der Waals surface area contributed by atoms with E-state index in [1.165, 1.54) is 7.11 Å². The molecule has 1 fully saturated rings. The normalized spacial score (nSPS) is 18.7. The van der Waals surface area contributed by atoms with Crippen molar-refractivity contribution in [3.05, 3.63) is 23.9 Å². The van der Waals surface area contributed by atoms with Crippen molar-refractivity contribution in [2.24, 2.45) is 5.73 Å². The van der Waals surface area contributed by atoms with Crippen molar-refractivity contribution in [3.8, 4) is 0 Å². The van der Waals surface area contributed by atoms with Gasteiger partial charge >= 0.3 is 5.97 Å². The molecule has 1 aliphatic heterocycles. The van der Waals surface area contributed by atoms with Crippen LogP contribution in [0.3, 0.4) is 0 Å². The fraction of sp³-hybridized carbons (Fsp3) is 0.417. The molecule has 6 heteroatoms. The van der Waals surface area contributed by atoms with E-state index in [1.807, 2.05) is 11.0 Å². The van der Waals surface area contributed by atoms with Crippen molar-refractivity contribution < 1.29 is 9.53 Å². The smallest absolute Gasteiger partial charge is 0.328 e. The Hall–Kier alpha value is -1.69. The number of pyridine rings is 1. The summed E-state index contributed by atoms with van der Waals surface area (Å²) in [6, 6.07) is 3.30. The molecule has 0 bridgehead atoms. The number of hydrogen-bond acceptors (Lipinski definition) is 5. The van der Waals surface area contributed by atoms with E-state index in [0.29, 0.717) is 11.4 Å². The van der Waals surface area contributed by atoms with Gasteiger partial charge in [0.15, 0.2) is 0 Å². The van der Waals surface area contributed by atoms with Crippen LogP contribution in [0.5, 0.6) is 0 Å². The predicted octanol–water partition coefficient (Wildman–Crippen LogP) is 0.858. The number of ether oxygens (including phenoxy) is 1. The topological polar surface area (TPSA) is 68.5 Å². The van der Waals surface area contributed by atoms with Gasteiger partial charge in [0.2, 0.25) is 0 Å². The number of nitrogens with zero attached hydrogens (tertiary/aromatic N) is 2. The van der Waals surface area contributed by atoms with Crippen molar-refractivity contribution >= 4 is 29.0 Å². The van der Waals surface area contributed by atoms with E-state index in [4.69, 9.17) is 22.7 Å². The summed E-state index contributed by atoms with van der Waals surface area (Å²) in [6.07, 6.45) is 3.36. The second-order valence-corrected chi connectivity index (χ2v) is 4.55. The molecular formula is C12H15N3O2S. The van der Waals surface area contributed by atoms with Crippen molar-refractivity contribution in [2.45, 2.75) is 18.9 Å². The van der Waals surface area contributed by atoms with Crippen LogP contribution in [0.1, 0.15) is 18.4 Å². The third-order valence-electron chi connectivity index (χ3n) is 3.05. The summed E-state index contributed by atoms with van der Waals surface area (Å²) in [5.41, 5.74) is 6.38.